The molecule has 4 N–H and O–H groups in total. The van der Waals surface area contributed by atoms with E-state index >= 15 is 0 Å². The number of carboxylic acids is 1. The second kappa shape index (κ2) is 8.03. The van der Waals surface area contributed by atoms with Gasteiger partial charge in [-0.05, 0) is 6.92 Å². The number of nitrogens with one attached hydrogen (secondary N) is 2. The van der Waals surface area contributed by atoms with Crippen molar-refractivity contribution in [2.24, 2.45) is 0 Å². The first kappa shape index (κ1) is 16.7. The van der Waals surface area contributed by atoms with Crippen molar-refractivity contribution in [2.45, 2.75) is 18.9 Å². The number of carbonyl (C=O) groups excluding carboxylic acids is 1. The molecule has 2 amide bonds. The molecule has 1 atom stereocenters. The Morgan fingerprint density at radius 2 is 1.95 bits per heavy atom. The third-order valence-corrected chi connectivity index (χ3v) is 2.98. The summed E-state index contributed by atoms with van der Waals surface area (Å²) in [6.45, 7) is 5.63. The number of urea groups is 1. The highest BCUT2D eigenvalue weighted by Crippen LogP contribution is 2.06. The lowest BCUT2D eigenvalue weighted by molar-refractivity contribution is -0.141. The number of ether oxygens (including phenoxy) is 1. The van der Waals surface area contributed by atoms with E-state index in [0.29, 0.717) is 19.8 Å². The van der Waals surface area contributed by atoms with Crippen LogP contribution < -0.4 is 10.6 Å². The lowest BCUT2D eigenvalue weighted by atomic mass is 10.0. The Morgan fingerprint density at radius 1 is 1.30 bits per heavy atom. The van der Waals surface area contributed by atoms with Crippen LogP contribution in [0.3, 0.4) is 0 Å². The molecule has 0 aromatic heterocycles. The van der Waals surface area contributed by atoms with Crippen molar-refractivity contribution < 1.29 is 24.5 Å². The van der Waals surface area contributed by atoms with Crippen LogP contribution in [0.4, 0.5) is 4.79 Å². The lowest BCUT2D eigenvalue weighted by Gasteiger charge is -2.26. The van der Waals surface area contributed by atoms with Crippen LogP contribution in [0.1, 0.15) is 13.3 Å². The van der Waals surface area contributed by atoms with E-state index < -0.39 is 24.0 Å². The topological polar surface area (TPSA) is 111 Å². The predicted molar refractivity (Wildman–Crippen MR) is 71.5 cm³/mol. The Bertz CT molecular complexity index is 329. The standard InChI is InChI=1S/C12H23N3O5/c1-12(19,8-10(16)17)9-14-11(18)13-2-3-15-4-6-20-7-5-15/h19H,2-9H2,1H3,(H,16,17)(H2,13,14,18). The molecule has 116 valence electrons. The van der Waals surface area contributed by atoms with Gasteiger partial charge in [0.25, 0.3) is 0 Å². The summed E-state index contributed by atoms with van der Waals surface area (Å²) < 4.78 is 5.22. The number of hydrogen-bond acceptors (Lipinski definition) is 5. The minimum Gasteiger partial charge on any atom is -0.481 e. The van der Waals surface area contributed by atoms with Crippen LogP contribution in [0.25, 0.3) is 0 Å². The summed E-state index contributed by atoms with van der Waals surface area (Å²) >= 11 is 0. The zero-order valence-electron chi connectivity index (χ0n) is 11.7. The molecule has 0 aliphatic carbocycles. The molecule has 8 heteroatoms. The fourth-order valence-electron chi connectivity index (χ4n) is 1.87. The van der Waals surface area contributed by atoms with Crippen molar-refractivity contribution in [1.29, 1.82) is 0 Å². The number of carbonyl (C=O) groups is 2. The van der Waals surface area contributed by atoms with E-state index in [-0.39, 0.29) is 6.54 Å². The van der Waals surface area contributed by atoms with Gasteiger partial charge < -0.3 is 25.6 Å². The molecule has 0 radical (unpaired) electrons. The zero-order chi connectivity index (χ0) is 15.0. The highest BCUT2D eigenvalue weighted by Gasteiger charge is 2.24. The quantitative estimate of drug-likeness (QED) is 0.471. The van der Waals surface area contributed by atoms with Crippen LogP contribution in [-0.4, -0.2) is 78.7 Å². The van der Waals surface area contributed by atoms with E-state index in [1.165, 1.54) is 6.92 Å². The highest BCUT2D eigenvalue weighted by atomic mass is 16.5. The fraction of sp³-hybridized carbons (Fsp3) is 0.833. The molecule has 20 heavy (non-hydrogen) atoms. The maximum Gasteiger partial charge on any atom is 0.314 e. The third-order valence-electron chi connectivity index (χ3n) is 2.98. The molecule has 0 bridgehead atoms. The zero-order valence-corrected chi connectivity index (χ0v) is 11.7. The normalized spacial score (nSPS) is 19.1. The molecule has 1 unspecified atom stereocenters. The molecule has 8 nitrogen and oxygen atoms in total. The maximum absolute atomic E-state index is 11.5. The summed E-state index contributed by atoms with van der Waals surface area (Å²) in [6, 6.07) is -0.413. The van der Waals surface area contributed by atoms with Gasteiger partial charge in [-0.2, -0.15) is 0 Å². The van der Waals surface area contributed by atoms with Crippen molar-refractivity contribution >= 4 is 12.0 Å². The van der Waals surface area contributed by atoms with Crippen LogP contribution in [0.15, 0.2) is 0 Å². The van der Waals surface area contributed by atoms with Crippen LogP contribution >= 0.6 is 0 Å². The predicted octanol–water partition coefficient (Wildman–Crippen LogP) is -1.16. The molecule has 1 aliphatic heterocycles. The number of aliphatic hydroxyl groups is 1. The number of hydrogen-bond donors (Lipinski definition) is 4. The third kappa shape index (κ3) is 7.27. The molecule has 1 saturated heterocycles. The van der Waals surface area contributed by atoms with Crippen LogP contribution in [0, 0.1) is 0 Å². The summed E-state index contributed by atoms with van der Waals surface area (Å²) in [6.07, 6.45) is -0.416. The summed E-state index contributed by atoms with van der Waals surface area (Å²) in [5.41, 5.74) is -1.45. The molecule has 0 aromatic rings. The Labute approximate surface area is 118 Å². The van der Waals surface area contributed by atoms with E-state index in [1.807, 2.05) is 0 Å². The molecule has 0 saturated carbocycles. The molecule has 1 rings (SSSR count). The molecular weight excluding hydrogens is 266 g/mol. The van der Waals surface area contributed by atoms with Crippen molar-refractivity contribution in [3.05, 3.63) is 0 Å². The van der Waals surface area contributed by atoms with Crippen LogP contribution in [0.2, 0.25) is 0 Å². The molecule has 1 aliphatic rings. The average Bonchev–Trinajstić information content (AvgIpc) is 2.36. The van der Waals surface area contributed by atoms with Gasteiger partial charge in [-0.25, -0.2) is 4.79 Å². The van der Waals surface area contributed by atoms with Gasteiger partial charge in [0.15, 0.2) is 0 Å². The van der Waals surface area contributed by atoms with Crippen molar-refractivity contribution in [3.8, 4) is 0 Å². The second-order valence-electron chi connectivity index (χ2n) is 5.13. The number of rotatable bonds is 7. The van der Waals surface area contributed by atoms with E-state index in [1.54, 1.807) is 0 Å². The minimum absolute atomic E-state index is 0.108. The molecule has 0 aromatic carbocycles. The van der Waals surface area contributed by atoms with Crippen molar-refractivity contribution in [2.75, 3.05) is 45.9 Å². The lowest BCUT2D eigenvalue weighted by Crippen LogP contribution is -2.48. The average molecular weight is 289 g/mol. The number of nitrogens with zero attached hydrogens (tertiary/aromatic N) is 1. The second-order valence-corrected chi connectivity index (χ2v) is 5.13. The molecule has 1 heterocycles. The largest absolute Gasteiger partial charge is 0.481 e. The van der Waals surface area contributed by atoms with Gasteiger partial charge in [-0.1, -0.05) is 0 Å². The Hall–Kier alpha value is -1.38. The first-order valence-electron chi connectivity index (χ1n) is 6.65. The van der Waals surface area contributed by atoms with Gasteiger partial charge in [0, 0.05) is 32.7 Å². The van der Waals surface area contributed by atoms with Crippen molar-refractivity contribution in [1.82, 2.24) is 15.5 Å². The Kier molecular flexibility index (Phi) is 6.69. The number of aliphatic carboxylic acids is 1. The summed E-state index contributed by atoms with van der Waals surface area (Å²) in [5.74, 6) is -1.11. The number of carboxylic acid groups (broad SMARTS) is 1. The van der Waals surface area contributed by atoms with Gasteiger partial charge in [-0.15, -0.1) is 0 Å². The van der Waals surface area contributed by atoms with Gasteiger partial charge in [-0.3, -0.25) is 9.69 Å². The van der Waals surface area contributed by atoms with E-state index in [2.05, 4.69) is 15.5 Å². The molecule has 1 fully saturated rings. The van der Waals surface area contributed by atoms with Gasteiger partial charge in [0.1, 0.15) is 0 Å². The molecular formula is C12H23N3O5. The Morgan fingerprint density at radius 3 is 2.55 bits per heavy atom. The summed E-state index contributed by atoms with van der Waals surface area (Å²) in [4.78, 5) is 24.2. The highest BCUT2D eigenvalue weighted by molar-refractivity contribution is 5.74. The number of morpholine rings is 1. The first-order chi connectivity index (χ1) is 9.39. The van der Waals surface area contributed by atoms with Crippen LogP contribution in [0.5, 0.6) is 0 Å². The maximum atomic E-state index is 11.5. The SMILES string of the molecule is CC(O)(CNC(=O)NCCN1CCOCC1)CC(=O)O. The monoisotopic (exact) mass is 289 g/mol. The minimum atomic E-state index is -1.45. The summed E-state index contributed by atoms with van der Waals surface area (Å²) in [5, 5.41) is 23.4. The van der Waals surface area contributed by atoms with E-state index in [0.717, 1.165) is 19.6 Å². The summed E-state index contributed by atoms with van der Waals surface area (Å²) in [7, 11) is 0. The van der Waals surface area contributed by atoms with Gasteiger partial charge >= 0.3 is 12.0 Å². The van der Waals surface area contributed by atoms with Crippen molar-refractivity contribution in [3.63, 3.8) is 0 Å². The van der Waals surface area contributed by atoms with Gasteiger partial charge in [0.05, 0.1) is 25.2 Å². The molecule has 0 spiro atoms. The van der Waals surface area contributed by atoms with E-state index in [9.17, 15) is 14.7 Å². The van der Waals surface area contributed by atoms with E-state index in [4.69, 9.17) is 9.84 Å². The van der Waals surface area contributed by atoms with Gasteiger partial charge in [0.2, 0.25) is 0 Å². The fourth-order valence-corrected chi connectivity index (χ4v) is 1.87. The smallest absolute Gasteiger partial charge is 0.314 e. The van der Waals surface area contributed by atoms with Crippen LogP contribution in [-0.2, 0) is 9.53 Å². The Balaban J connectivity index is 2.12. The number of amides is 2. The first-order valence-corrected chi connectivity index (χ1v) is 6.65.